The number of nitrogen functional groups attached to an aromatic ring is 1. The van der Waals surface area contributed by atoms with Gasteiger partial charge in [0.2, 0.25) is 5.95 Å². The van der Waals surface area contributed by atoms with Crippen molar-refractivity contribution in [2.75, 3.05) is 17.7 Å². The maximum Gasteiger partial charge on any atom is 0.223 e. The van der Waals surface area contributed by atoms with Crippen LogP contribution in [0.4, 0.5) is 21.8 Å². The molecule has 3 aromatic rings. The molecule has 0 atom stereocenters. The van der Waals surface area contributed by atoms with Gasteiger partial charge in [0.25, 0.3) is 0 Å². The minimum absolute atomic E-state index is 0.246. The van der Waals surface area contributed by atoms with Crippen LogP contribution in [0.15, 0.2) is 30.3 Å². The minimum Gasteiger partial charge on any atom is -0.368 e. The van der Waals surface area contributed by atoms with Crippen LogP contribution in [0, 0.1) is 5.82 Å². The van der Waals surface area contributed by atoms with Crippen LogP contribution in [-0.2, 0) is 6.42 Å². The van der Waals surface area contributed by atoms with Crippen LogP contribution in [-0.4, -0.2) is 17.0 Å². The highest BCUT2D eigenvalue weighted by molar-refractivity contribution is 7.18. The zero-order chi connectivity index (χ0) is 15.0. The normalized spacial score (nSPS) is 11.0. The second-order valence-corrected chi connectivity index (χ2v) is 5.84. The average Bonchev–Trinajstić information content (AvgIpc) is 2.89. The summed E-state index contributed by atoms with van der Waals surface area (Å²) in [5.41, 5.74) is 6.66. The largest absolute Gasteiger partial charge is 0.368 e. The molecule has 3 rings (SSSR count). The first-order chi connectivity index (χ1) is 10.1. The van der Waals surface area contributed by atoms with E-state index in [-0.39, 0.29) is 11.8 Å². The Morgan fingerprint density at radius 2 is 1.95 bits per heavy atom. The fourth-order valence-corrected chi connectivity index (χ4v) is 3.16. The van der Waals surface area contributed by atoms with Crippen molar-refractivity contribution in [3.05, 3.63) is 41.0 Å². The molecular weight excluding hydrogens is 287 g/mol. The molecule has 108 valence electrons. The quantitative estimate of drug-likeness (QED) is 0.800. The van der Waals surface area contributed by atoms with Crippen molar-refractivity contribution >= 4 is 39.0 Å². The molecular formula is C15H15FN4S. The molecule has 0 saturated heterocycles. The first-order valence-corrected chi connectivity index (χ1v) is 7.45. The molecule has 2 aromatic heterocycles. The summed E-state index contributed by atoms with van der Waals surface area (Å²) in [4.78, 5) is 12.7. The molecule has 0 bridgehead atoms. The zero-order valence-corrected chi connectivity index (χ0v) is 12.6. The number of nitrogens with two attached hydrogens (primary N) is 1. The molecule has 0 fully saturated rings. The van der Waals surface area contributed by atoms with Crippen molar-refractivity contribution in [3.63, 3.8) is 0 Å². The van der Waals surface area contributed by atoms with Gasteiger partial charge in [-0.25, -0.2) is 9.37 Å². The standard InChI is InChI=1S/C15H15FN4S/c1-3-11-8-12-13(18-15(17)19-14(12)21-11)20(2)10-6-4-9(16)5-7-10/h4-8H,3H2,1-2H3,(H2,17,18,19). The molecule has 0 unspecified atom stereocenters. The molecule has 0 aliphatic heterocycles. The third-order valence-electron chi connectivity index (χ3n) is 3.32. The predicted octanol–water partition coefficient (Wildman–Crippen LogP) is 3.74. The number of fused-ring (bicyclic) bond motifs is 1. The van der Waals surface area contributed by atoms with Crippen molar-refractivity contribution in [1.82, 2.24) is 9.97 Å². The first kappa shape index (κ1) is 13.8. The lowest BCUT2D eigenvalue weighted by Crippen LogP contribution is -2.13. The third-order valence-corrected chi connectivity index (χ3v) is 4.49. The van der Waals surface area contributed by atoms with E-state index in [2.05, 4.69) is 23.0 Å². The molecule has 1 aromatic carbocycles. The minimum atomic E-state index is -0.261. The fraction of sp³-hybridized carbons (Fsp3) is 0.200. The van der Waals surface area contributed by atoms with Gasteiger partial charge >= 0.3 is 0 Å². The van der Waals surface area contributed by atoms with E-state index in [1.807, 2.05) is 11.9 Å². The third kappa shape index (κ3) is 2.54. The maximum absolute atomic E-state index is 13.1. The van der Waals surface area contributed by atoms with Crippen LogP contribution >= 0.6 is 11.3 Å². The van der Waals surface area contributed by atoms with Gasteiger partial charge in [-0.15, -0.1) is 11.3 Å². The van der Waals surface area contributed by atoms with Crippen LogP contribution in [0.1, 0.15) is 11.8 Å². The fourth-order valence-electron chi connectivity index (χ4n) is 2.19. The number of rotatable bonds is 3. The lowest BCUT2D eigenvalue weighted by Gasteiger charge is -2.19. The Labute approximate surface area is 126 Å². The van der Waals surface area contributed by atoms with Crippen LogP contribution in [0.25, 0.3) is 10.2 Å². The van der Waals surface area contributed by atoms with Gasteiger partial charge in [0.05, 0.1) is 5.39 Å². The molecule has 2 N–H and O–H groups in total. The Hall–Kier alpha value is -2.21. The summed E-state index contributed by atoms with van der Waals surface area (Å²) in [5.74, 6) is 0.722. The highest BCUT2D eigenvalue weighted by Gasteiger charge is 2.15. The number of aryl methyl sites for hydroxylation is 1. The number of anilines is 3. The van der Waals surface area contributed by atoms with Gasteiger partial charge in [-0.05, 0) is 36.8 Å². The molecule has 0 saturated carbocycles. The number of hydrogen-bond donors (Lipinski definition) is 1. The van der Waals surface area contributed by atoms with E-state index < -0.39 is 0 Å². The Balaban J connectivity index is 2.14. The summed E-state index contributed by atoms with van der Waals surface area (Å²) in [6.07, 6.45) is 0.945. The van der Waals surface area contributed by atoms with Gasteiger partial charge < -0.3 is 10.6 Å². The van der Waals surface area contributed by atoms with Crippen molar-refractivity contribution in [3.8, 4) is 0 Å². The first-order valence-electron chi connectivity index (χ1n) is 6.63. The van der Waals surface area contributed by atoms with Crippen molar-refractivity contribution in [1.29, 1.82) is 0 Å². The van der Waals surface area contributed by atoms with Gasteiger partial charge in [0.1, 0.15) is 16.5 Å². The Bertz CT molecular complexity index is 782. The lowest BCUT2D eigenvalue weighted by molar-refractivity contribution is 0.628. The second kappa shape index (κ2) is 5.29. The molecule has 6 heteroatoms. The summed E-state index contributed by atoms with van der Waals surface area (Å²) in [7, 11) is 1.89. The highest BCUT2D eigenvalue weighted by Crippen LogP contribution is 2.34. The summed E-state index contributed by atoms with van der Waals surface area (Å²) in [6.45, 7) is 2.10. The summed E-state index contributed by atoms with van der Waals surface area (Å²) in [6, 6.07) is 8.38. The van der Waals surface area contributed by atoms with E-state index in [0.717, 1.165) is 28.1 Å². The number of nitrogens with zero attached hydrogens (tertiary/aromatic N) is 3. The summed E-state index contributed by atoms with van der Waals surface area (Å²) in [5, 5.41) is 0.970. The number of aromatic nitrogens is 2. The molecule has 4 nitrogen and oxygen atoms in total. The van der Waals surface area contributed by atoms with Crippen molar-refractivity contribution in [2.45, 2.75) is 13.3 Å². The maximum atomic E-state index is 13.1. The number of thiophene rings is 1. The van der Waals surface area contributed by atoms with Crippen LogP contribution in [0.5, 0.6) is 0 Å². The average molecular weight is 302 g/mol. The number of halogens is 1. The predicted molar refractivity (Wildman–Crippen MR) is 85.7 cm³/mol. The second-order valence-electron chi connectivity index (χ2n) is 4.73. The topological polar surface area (TPSA) is 55.0 Å². The molecule has 0 spiro atoms. The lowest BCUT2D eigenvalue weighted by atomic mass is 10.2. The number of hydrogen-bond acceptors (Lipinski definition) is 5. The van der Waals surface area contributed by atoms with Crippen molar-refractivity contribution in [2.24, 2.45) is 0 Å². The van der Waals surface area contributed by atoms with Gasteiger partial charge in [-0.2, -0.15) is 4.98 Å². The SMILES string of the molecule is CCc1cc2c(N(C)c3ccc(F)cc3)nc(N)nc2s1. The van der Waals surface area contributed by atoms with Gasteiger partial charge in [-0.1, -0.05) is 6.92 Å². The molecule has 2 heterocycles. The Morgan fingerprint density at radius 1 is 1.24 bits per heavy atom. The van der Waals surface area contributed by atoms with E-state index in [4.69, 9.17) is 5.73 Å². The molecule has 0 aliphatic rings. The number of benzene rings is 1. The molecule has 21 heavy (non-hydrogen) atoms. The van der Waals surface area contributed by atoms with E-state index >= 15 is 0 Å². The van der Waals surface area contributed by atoms with Gasteiger partial charge in [0, 0.05) is 17.6 Å². The van der Waals surface area contributed by atoms with Gasteiger partial charge in [0.15, 0.2) is 0 Å². The van der Waals surface area contributed by atoms with Crippen molar-refractivity contribution < 1.29 is 4.39 Å². The summed E-state index contributed by atoms with van der Waals surface area (Å²) < 4.78 is 13.1. The van der Waals surface area contributed by atoms with Crippen LogP contribution in [0.2, 0.25) is 0 Å². The van der Waals surface area contributed by atoms with E-state index in [1.165, 1.54) is 17.0 Å². The molecule has 0 aliphatic carbocycles. The van der Waals surface area contributed by atoms with Crippen LogP contribution < -0.4 is 10.6 Å². The monoisotopic (exact) mass is 302 g/mol. The molecule has 0 radical (unpaired) electrons. The Morgan fingerprint density at radius 3 is 2.62 bits per heavy atom. The summed E-state index contributed by atoms with van der Waals surface area (Å²) >= 11 is 1.62. The van der Waals surface area contributed by atoms with E-state index in [0.29, 0.717) is 0 Å². The van der Waals surface area contributed by atoms with E-state index in [1.54, 1.807) is 23.5 Å². The van der Waals surface area contributed by atoms with Gasteiger partial charge in [-0.3, -0.25) is 0 Å². The highest BCUT2D eigenvalue weighted by atomic mass is 32.1. The van der Waals surface area contributed by atoms with Crippen LogP contribution in [0.3, 0.4) is 0 Å². The molecule has 0 amide bonds. The smallest absolute Gasteiger partial charge is 0.223 e. The van der Waals surface area contributed by atoms with E-state index in [9.17, 15) is 4.39 Å². The zero-order valence-electron chi connectivity index (χ0n) is 11.8. The Kier molecular flexibility index (Phi) is 3.47.